The molecular formula is C18H18N2O. The van der Waals surface area contributed by atoms with Gasteiger partial charge in [-0.25, -0.2) is 0 Å². The molecule has 21 heavy (non-hydrogen) atoms. The van der Waals surface area contributed by atoms with Crippen LogP contribution >= 0.6 is 0 Å². The first-order chi connectivity index (χ1) is 10.2. The number of nitriles is 1. The third kappa shape index (κ3) is 2.82. The first kappa shape index (κ1) is 13.8. The Kier molecular flexibility index (Phi) is 3.74. The fourth-order valence-corrected chi connectivity index (χ4v) is 2.67. The molecule has 0 bridgehead atoms. The fourth-order valence-electron chi connectivity index (χ4n) is 2.67. The van der Waals surface area contributed by atoms with Crippen LogP contribution in [0.25, 0.3) is 0 Å². The normalized spacial score (nSPS) is 25.2. The quantitative estimate of drug-likeness (QED) is 0.918. The summed E-state index contributed by atoms with van der Waals surface area (Å²) in [6.45, 7) is 3.55. The van der Waals surface area contributed by atoms with Crippen molar-refractivity contribution in [3.05, 3.63) is 71.3 Å². The number of rotatable bonds is 2. The van der Waals surface area contributed by atoms with Crippen molar-refractivity contribution in [3.8, 4) is 6.07 Å². The Bertz CT molecular complexity index is 635. The summed E-state index contributed by atoms with van der Waals surface area (Å²) in [4.78, 5) is 0. The van der Waals surface area contributed by atoms with E-state index in [0.29, 0.717) is 12.2 Å². The second-order valence-corrected chi connectivity index (χ2v) is 5.61. The molecular weight excluding hydrogens is 260 g/mol. The van der Waals surface area contributed by atoms with E-state index in [4.69, 9.17) is 10.00 Å². The van der Waals surface area contributed by atoms with Gasteiger partial charge in [0.1, 0.15) is 0 Å². The van der Waals surface area contributed by atoms with Crippen LogP contribution in [0.5, 0.6) is 0 Å². The molecule has 0 radical (unpaired) electrons. The predicted molar refractivity (Wildman–Crippen MR) is 81.6 cm³/mol. The zero-order chi connectivity index (χ0) is 14.7. The summed E-state index contributed by atoms with van der Waals surface area (Å²) < 4.78 is 6.06. The van der Waals surface area contributed by atoms with Crippen LogP contribution in [0.15, 0.2) is 54.6 Å². The molecule has 0 spiro atoms. The van der Waals surface area contributed by atoms with Crippen molar-refractivity contribution in [1.29, 1.82) is 5.26 Å². The molecule has 1 heterocycles. The van der Waals surface area contributed by atoms with Crippen LogP contribution in [-0.2, 0) is 10.3 Å². The Morgan fingerprint density at radius 2 is 1.86 bits per heavy atom. The van der Waals surface area contributed by atoms with E-state index in [1.807, 2.05) is 30.3 Å². The largest absolute Gasteiger partial charge is 0.370 e. The van der Waals surface area contributed by atoms with Gasteiger partial charge >= 0.3 is 0 Å². The molecule has 3 nitrogen and oxygen atoms in total. The maximum atomic E-state index is 8.84. The number of nitrogens with zero attached hydrogens (tertiary/aromatic N) is 1. The van der Waals surface area contributed by atoms with Gasteiger partial charge in [-0.05, 0) is 30.2 Å². The van der Waals surface area contributed by atoms with E-state index in [0.717, 1.165) is 12.1 Å². The standard InChI is InChI=1S/C18H18N2O/c1-18(16-5-3-2-4-6-16)13-21-17(12-20-18)15-9-7-14(11-19)8-10-15/h2-10,17,20H,12-13H2,1H3. The molecule has 0 saturated carbocycles. The van der Waals surface area contributed by atoms with Crippen LogP contribution < -0.4 is 5.32 Å². The molecule has 1 N–H and O–H groups in total. The van der Waals surface area contributed by atoms with Crippen molar-refractivity contribution in [2.45, 2.75) is 18.6 Å². The molecule has 1 aliphatic heterocycles. The minimum absolute atomic E-state index is 0.0366. The fraction of sp³-hybridized carbons (Fsp3) is 0.278. The molecule has 1 saturated heterocycles. The van der Waals surface area contributed by atoms with E-state index in [2.05, 4.69) is 42.6 Å². The van der Waals surface area contributed by atoms with Crippen LogP contribution in [0.3, 0.4) is 0 Å². The second-order valence-electron chi connectivity index (χ2n) is 5.61. The number of benzene rings is 2. The van der Waals surface area contributed by atoms with Crippen molar-refractivity contribution >= 4 is 0 Å². The van der Waals surface area contributed by atoms with Crippen LogP contribution in [0.4, 0.5) is 0 Å². The van der Waals surface area contributed by atoms with Gasteiger partial charge in [0.25, 0.3) is 0 Å². The summed E-state index contributed by atoms with van der Waals surface area (Å²) in [5, 5.41) is 12.4. The number of nitrogens with one attached hydrogen (secondary N) is 1. The third-order valence-electron chi connectivity index (χ3n) is 4.07. The lowest BCUT2D eigenvalue weighted by Crippen LogP contribution is -2.50. The van der Waals surface area contributed by atoms with Gasteiger partial charge in [0.2, 0.25) is 0 Å². The molecule has 106 valence electrons. The summed E-state index contributed by atoms with van der Waals surface area (Å²) in [6, 6.07) is 20.1. The smallest absolute Gasteiger partial charge is 0.0991 e. The molecule has 0 aliphatic carbocycles. The first-order valence-corrected chi connectivity index (χ1v) is 7.13. The van der Waals surface area contributed by atoms with E-state index in [1.54, 1.807) is 0 Å². The Hall–Kier alpha value is -2.15. The lowest BCUT2D eigenvalue weighted by atomic mass is 9.90. The molecule has 2 aromatic carbocycles. The highest BCUT2D eigenvalue weighted by atomic mass is 16.5. The lowest BCUT2D eigenvalue weighted by Gasteiger charge is -2.39. The van der Waals surface area contributed by atoms with Gasteiger partial charge in [0, 0.05) is 6.54 Å². The van der Waals surface area contributed by atoms with Crippen LogP contribution in [-0.4, -0.2) is 13.2 Å². The van der Waals surface area contributed by atoms with Crippen molar-refractivity contribution in [3.63, 3.8) is 0 Å². The maximum Gasteiger partial charge on any atom is 0.0991 e. The zero-order valence-corrected chi connectivity index (χ0v) is 12.0. The Morgan fingerprint density at radius 1 is 1.14 bits per heavy atom. The van der Waals surface area contributed by atoms with E-state index >= 15 is 0 Å². The van der Waals surface area contributed by atoms with Crippen LogP contribution in [0.2, 0.25) is 0 Å². The topological polar surface area (TPSA) is 45.0 Å². The summed E-state index contributed by atoms with van der Waals surface area (Å²) in [5.41, 5.74) is 2.88. The SMILES string of the molecule is CC1(c2ccccc2)COC(c2ccc(C#N)cc2)CN1. The number of hydrogen-bond donors (Lipinski definition) is 1. The molecule has 1 aliphatic rings. The van der Waals surface area contributed by atoms with E-state index in [9.17, 15) is 0 Å². The number of hydrogen-bond acceptors (Lipinski definition) is 3. The lowest BCUT2D eigenvalue weighted by molar-refractivity contribution is -0.0307. The molecule has 1 fully saturated rings. The minimum atomic E-state index is -0.148. The highest BCUT2D eigenvalue weighted by Gasteiger charge is 2.33. The first-order valence-electron chi connectivity index (χ1n) is 7.13. The van der Waals surface area contributed by atoms with Gasteiger partial charge in [0.15, 0.2) is 0 Å². The highest BCUT2D eigenvalue weighted by molar-refractivity contribution is 5.33. The van der Waals surface area contributed by atoms with E-state index < -0.39 is 0 Å². The predicted octanol–water partition coefficient (Wildman–Crippen LogP) is 3.13. The molecule has 3 heteroatoms. The maximum absolute atomic E-state index is 8.84. The van der Waals surface area contributed by atoms with Gasteiger partial charge in [-0.3, -0.25) is 0 Å². The van der Waals surface area contributed by atoms with Gasteiger partial charge in [-0.2, -0.15) is 5.26 Å². The number of ether oxygens (including phenoxy) is 1. The summed E-state index contributed by atoms with van der Waals surface area (Å²) >= 11 is 0. The van der Waals surface area contributed by atoms with Crippen LogP contribution in [0.1, 0.15) is 29.7 Å². The summed E-state index contributed by atoms with van der Waals surface area (Å²) in [5.74, 6) is 0. The molecule has 0 aromatic heterocycles. The molecule has 0 amide bonds. The van der Waals surface area contributed by atoms with Gasteiger partial charge < -0.3 is 10.1 Å². The third-order valence-corrected chi connectivity index (χ3v) is 4.07. The van der Waals surface area contributed by atoms with Gasteiger partial charge in [-0.15, -0.1) is 0 Å². The number of morpholine rings is 1. The monoisotopic (exact) mass is 278 g/mol. The van der Waals surface area contributed by atoms with E-state index in [-0.39, 0.29) is 11.6 Å². The Labute approximate surface area is 125 Å². The summed E-state index contributed by atoms with van der Waals surface area (Å²) in [7, 11) is 0. The molecule has 2 atom stereocenters. The van der Waals surface area contributed by atoms with Crippen molar-refractivity contribution < 1.29 is 4.74 Å². The van der Waals surface area contributed by atoms with Crippen molar-refractivity contribution in [2.24, 2.45) is 0 Å². The molecule has 2 aromatic rings. The van der Waals surface area contributed by atoms with Crippen molar-refractivity contribution in [1.82, 2.24) is 5.32 Å². The average Bonchev–Trinajstić information content (AvgIpc) is 2.57. The van der Waals surface area contributed by atoms with Crippen LogP contribution in [0, 0.1) is 11.3 Å². The average molecular weight is 278 g/mol. The van der Waals surface area contributed by atoms with E-state index in [1.165, 1.54) is 5.56 Å². The Balaban J connectivity index is 1.71. The van der Waals surface area contributed by atoms with Gasteiger partial charge in [0.05, 0.1) is 29.9 Å². The zero-order valence-electron chi connectivity index (χ0n) is 12.0. The second kappa shape index (κ2) is 5.69. The summed E-state index contributed by atoms with van der Waals surface area (Å²) in [6.07, 6.45) is 0.0366. The van der Waals surface area contributed by atoms with Gasteiger partial charge in [-0.1, -0.05) is 42.5 Å². The highest BCUT2D eigenvalue weighted by Crippen LogP contribution is 2.29. The minimum Gasteiger partial charge on any atom is -0.370 e. The molecule has 3 rings (SSSR count). The van der Waals surface area contributed by atoms with Crippen molar-refractivity contribution in [2.75, 3.05) is 13.2 Å². The molecule has 2 unspecified atom stereocenters. The Morgan fingerprint density at radius 3 is 2.43 bits per heavy atom.